The molecule has 4 aliphatic carbocycles. The molecule has 4 fully saturated rings. The van der Waals surface area contributed by atoms with Crippen LogP contribution in [-0.2, 0) is 9.53 Å². The highest BCUT2D eigenvalue weighted by Gasteiger charge is 2.65. The Hall–Kier alpha value is -1.45. The third kappa shape index (κ3) is 3.27. The summed E-state index contributed by atoms with van der Waals surface area (Å²) in [6, 6.07) is 4.17. The van der Waals surface area contributed by atoms with Gasteiger partial charge < -0.3 is 14.9 Å². The number of hydrogen-bond acceptors (Lipinski definition) is 4. The maximum absolute atomic E-state index is 14.8. The first-order valence-corrected chi connectivity index (χ1v) is 10.5. The minimum Gasteiger partial charge on any atom is -0.507 e. The van der Waals surface area contributed by atoms with Gasteiger partial charge in [0.25, 0.3) is 0 Å². The first-order valence-electron chi connectivity index (χ1n) is 9.41. The van der Waals surface area contributed by atoms with E-state index in [9.17, 15) is 28.6 Å². The Morgan fingerprint density at radius 1 is 1.14 bits per heavy atom. The van der Waals surface area contributed by atoms with Crippen LogP contribution in [0.25, 0.3) is 0 Å². The molecule has 1 unspecified atom stereocenters. The van der Waals surface area contributed by atoms with E-state index in [1.807, 2.05) is 22.6 Å². The van der Waals surface area contributed by atoms with Crippen LogP contribution in [0.4, 0.5) is 8.78 Å². The molecular weight excluding hydrogens is 485 g/mol. The van der Waals surface area contributed by atoms with Crippen molar-refractivity contribution in [3.8, 4) is 5.75 Å². The molecule has 0 saturated heterocycles. The van der Waals surface area contributed by atoms with Gasteiger partial charge in [0.05, 0.1) is 0 Å². The van der Waals surface area contributed by atoms with Crippen LogP contribution >= 0.6 is 22.6 Å². The van der Waals surface area contributed by atoms with Crippen LogP contribution in [-0.4, -0.2) is 34.2 Å². The van der Waals surface area contributed by atoms with E-state index in [1.165, 1.54) is 12.1 Å². The first kappa shape index (κ1) is 19.8. The van der Waals surface area contributed by atoms with Gasteiger partial charge >= 0.3 is 17.9 Å². The lowest BCUT2D eigenvalue weighted by Gasteiger charge is -2.59. The summed E-state index contributed by atoms with van der Waals surface area (Å²) in [5.41, 5.74) is -1.26. The summed E-state index contributed by atoms with van der Waals surface area (Å²) in [4.78, 5) is 24.0. The lowest BCUT2D eigenvalue weighted by Crippen LogP contribution is -2.60. The zero-order valence-electron chi connectivity index (χ0n) is 15.0. The summed E-state index contributed by atoms with van der Waals surface area (Å²) in [6.07, 6.45) is 2.27. The second kappa shape index (κ2) is 6.81. The number of carbonyl (C=O) groups excluding carboxylic acids is 1. The van der Waals surface area contributed by atoms with Crippen molar-refractivity contribution in [3.63, 3.8) is 0 Å². The van der Waals surface area contributed by atoms with E-state index < -0.39 is 29.4 Å². The first-order chi connectivity index (χ1) is 13.1. The van der Waals surface area contributed by atoms with Gasteiger partial charge in [0.2, 0.25) is 0 Å². The van der Waals surface area contributed by atoms with Gasteiger partial charge in [-0.15, -0.1) is 0 Å². The topological polar surface area (TPSA) is 83.8 Å². The third-order valence-electron chi connectivity index (χ3n) is 6.66. The highest BCUT2D eigenvalue weighted by Crippen LogP contribution is 2.63. The number of carbonyl (C=O) groups is 2. The minimum absolute atomic E-state index is 0.240. The molecule has 0 spiro atoms. The Morgan fingerprint density at radius 3 is 2.14 bits per heavy atom. The molecule has 0 amide bonds. The van der Waals surface area contributed by atoms with Gasteiger partial charge in [-0.1, -0.05) is 0 Å². The van der Waals surface area contributed by atoms with E-state index in [2.05, 4.69) is 0 Å². The molecule has 5 nitrogen and oxygen atoms in total. The number of carboxylic acid groups (broad SMARTS) is 1. The molecular formula is C20H21F2IO5. The normalized spacial score (nSPS) is 32.2. The average molecular weight is 506 g/mol. The van der Waals surface area contributed by atoms with Crippen molar-refractivity contribution < 1.29 is 33.3 Å². The lowest BCUT2D eigenvalue weighted by atomic mass is 9.47. The predicted molar refractivity (Wildman–Crippen MR) is 103 cm³/mol. The minimum atomic E-state index is -4.19. The van der Waals surface area contributed by atoms with Crippen LogP contribution in [0.3, 0.4) is 0 Å². The number of aromatic hydroxyl groups is 1. The quantitative estimate of drug-likeness (QED) is 0.456. The number of carboxylic acids is 1. The van der Waals surface area contributed by atoms with Gasteiger partial charge in [-0.25, -0.2) is 9.59 Å². The van der Waals surface area contributed by atoms with Crippen molar-refractivity contribution in [2.24, 2.45) is 23.2 Å². The van der Waals surface area contributed by atoms with Crippen LogP contribution in [0.1, 0.15) is 48.9 Å². The molecule has 1 aromatic carbocycles. The molecule has 0 aromatic heterocycles. The lowest BCUT2D eigenvalue weighted by molar-refractivity contribution is -0.221. The van der Waals surface area contributed by atoms with E-state index in [1.54, 1.807) is 6.07 Å². The monoisotopic (exact) mass is 506 g/mol. The van der Waals surface area contributed by atoms with Crippen LogP contribution in [0.2, 0.25) is 0 Å². The van der Waals surface area contributed by atoms with Gasteiger partial charge in [0.1, 0.15) is 11.3 Å². The second-order valence-corrected chi connectivity index (χ2v) is 9.90. The third-order valence-corrected chi connectivity index (χ3v) is 7.33. The number of ether oxygens (including phenoxy) is 1. The Morgan fingerprint density at radius 2 is 1.68 bits per heavy atom. The maximum Gasteiger partial charge on any atom is 0.379 e. The van der Waals surface area contributed by atoms with Crippen molar-refractivity contribution >= 4 is 34.5 Å². The summed E-state index contributed by atoms with van der Waals surface area (Å²) in [6.45, 7) is 0. The number of esters is 1. The maximum atomic E-state index is 14.8. The molecule has 8 heteroatoms. The number of aliphatic carboxylic acids is 1. The summed E-state index contributed by atoms with van der Waals surface area (Å²) < 4.78 is 35.5. The number of hydrogen-bond donors (Lipinski definition) is 2. The highest BCUT2D eigenvalue weighted by atomic mass is 127. The zero-order valence-corrected chi connectivity index (χ0v) is 17.2. The van der Waals surface area contributed by atoms with Gasteiger partial charge in [0, 0.05) is 8.99 Å². The molecule has 4 bridgehead atoms. The highest BCUT2D eigenvalue weighted by molar-refractivity contribution is 14.1. The number of phenols is 1. The SMILES string of the molecule is O=C(OC(C12CC3CC(CC(C3)C1)C2)C(F)(F)C(=O)O)c1ccc(I)cc1O. The van der Waals surface area contributed by atoms with Crippen molar-refractivity contribution in [1.82, 2.24) is 0 Å². The van der Waals surface area contributed by atoms with Gasteiger partial charge in [-0.2, -0.15) is 8.78 Å². The fourth-order valence-corrected chi connectivity index (χ4v) is 6.52. The fraction of sp³-hybridized carbons (Fsp3) is 0.600. The summed E-state index contributed by atoms with van der Waals surface area (Å²) in [5, 5.41) is 19.2. The smallest absolute Gasteiger partial charge is 0.379 e. The zero-order chi connectivity index (χ0) is 20.3. The van der Waals surface area contributed by atoms with Crippen molar-refractivity contribution in [1.29, 1.82) is 0 Å². The van der Waals surface area contributed by atoms with E-state index >= 15 is 0 Å². The number of rotatable bonds is 5. The van der Waals surface area contributed by atoms with Crippen LogP contribution in [0.15, 0.2) is 18.2 Å². The fourth-order valence-electron chi connectivity index (χ4n) is 6.04. The summed E-state index contributed by atoms with van der Waals surface area (Å²) >= 11 is 1.94. The number of alkyl halides is 2. The van der Waals surface area contributed by atoms with Crippen molar-refractivity contribution in [2.75, 3.05) is 0 Å². The Bertz CT molecular complexity index is 790. The molecule has 0 radical (unpaired) electrons. The molecule has 28 heavy (non-hydrogen) atoms. The molecule has 0 aliphatic heterocycles. The number of benzene rings is 1. The van der Waals surface area contributed by atoms with Gasteiger partial charge in [-0.05, 0) is 97.1 Å². The van der Waals surface area contributed by atoms with Crippen molar-refractivity contribution in [3.05, 3.63) is 27.3 Å². The molecule has 152 valence electrons. The molecule has 4 saturated carbocycles. The Labute approximate surface area is 174 Å². The molecule has 4 aliphatic rings. The van der Waals surface area contributed by atoms with E-state index in [0.29, 0.717) is 22.8 Å². The molecule has 1 atom stereocenters. The molecule has 0 heterocycles. The molecule has 5 rings (SSSR count). The largest absolute Gasteiger partial charge is 0.507 e. The predicted octanol–water partition coefficient (Wildman–Crippen LogP) is 4.46. The van der Waals surface area contributed by atoms with Crippen LogP contribution in [0, 0.1) is 26.7 Å². The Balaban J connectivity index is 1.69. The standard InChI is InChI=1S/C20H21F2IO5/c21-20(22,18(26)27)17(28-16(25)14-2-1-13(23)6-15(14)24)19-7-10-3-11(8-19)5-12(4-10)9-19/h1-2,6,10-12,17,24H,3-5,7-9H2,(H,26,27). The van der Waals surface area contributed by atoms with E-state index in [0.717, 1.165) is 19.3 Å². The molecule has 1 aromatic rings. The summed E-state index contributed by atoms with van der Waals surface area (Å²) in [5.74, 6) is -7.13. The number of phenolic OH excluding ortho intramolecular Hbond substituents is 1. The average Bonchev–Trinajstić information content (AvgIpc) is 2.57. The van der Waals surface area contributed by atoms with Crippen molar-refractivity contribution in [2.45, 2.75) is 50.6 Å². The van der Waals surface area contributed by atoms with Gasteiger partial charge in [-0.3, -0.25) is 0 Å². The Kier molecular flexibility index (Phi) is 4.83. The summed E-state index contributed by atoms with van der Waals surface area (Å²) in [7, 11) is 0. The number of halogens is 3. The van der Waals surface area contributed by atoms with E-state index in [4.69, 9.17) is 4.74 Å². The van der Waals surface area contributed by atoms with Gasteiger partial charge in [0.15, 0.2) is 6.10 Å². The van der Waals surface area contributed by atoms with Crippen LogP contribution < -0.4 is 0 Å². The molecule has 2 N–H and O–H groups in total. The van der Waals surface area contributed by atoms with Crippen LogP contribution in [0.5, 0.6) is 5.75 Å². The van der Waals surface area contributed by atoms with E-state index in [-0.39, 0.29) is 29.1 Å². The second-order valence-electron chi connectivity index (χ2n) is 8.65.